The van der Waals surface area contributed by atoms with Gasteiger partial charge in [-0.2, -0.15) is 13.2 Å². The molecule has 1 amide bonds. The number of nitrogens with one attached hydrogen (secondary N) is 2. The van der Waals surface area contributed by atoms with E-state index in [1.54, 1.807) is 0 Å². The zero-order valence-corrected chi connectivity index (χ0v) is 13.9. The Morgan fingerprint density at radius 3 is 2.43 bits per heavy atom. The largest absolute Gasteiger partial charge is 0.418 e. The lowest BCUT2D eigenvalue weighted by atomic mass is 10.1. The van der Waals surface area contributed by atoms with Crippen LogP contribution in [0.3, 0.4) is 0 Å². The third-order valence-electron chi connectivity index (χ3n) is 3.55. The van der Waals surface area contributed by atoms with Crippen LogP contribution in [-0.4, -0.2) is 15.9 Å². The molecular formula is C18H11F5N4O. The summed E-state index contributed by atoms with van der Waals surface area (Å²) in [4.78, 5) is 19.8. The third kappa shape index (κ3) is 4.40. The van der Waals surface area contributed by atoms with Crippen molar-refractivity contribution in [1.29, 1.82) is 0 Å². The Kier molecular flexibility index (Phi) is 5.21. The highest BCUT2D eigenvalue weighted by molar-refractivity contribution is 6.03. The van der Waals surface area contributed by atoms with E-state index in [2.05, 4.69) is 20.6 Å². The summed E-state index contributed by atoms with van der Waals surface area (Å²) in [6.45, 7) is 0. The molecule has 0 aliphatic carbocycles. The van der Waals surface area contributed by atoms with Gasteiger partial charge >= 0.3 is 6.18 Å². The number of carbonyl (C=O) groups excluding carboxylic acids is 1. The molecule has 0 radical (unpaired) electrons. The van der Waals surface area contributed by atoms with Crippen LogP contribution < -0.4 is 10.6 Å². The van der Waals surface area contributed by atoms with Gasteiger partial charge in [-0.25, -0.2) is 18.7 Å². The molecule has 0 aliphatic rings. The van der Waals surface area contributed by atoms with Crippen LogP contribution in [0.4, 0.5) is 39.3 Å². The molecule has 0 spiro atoms. The first-order valence-electron chi connectivity index (χ1n) is 7.77. The van der Waals surface area contributed by atoms with Gasteiger partial charge in [0, 0.05) is 12.3 Å². The first-order valence-corrected chi connectivity index (χ1v) is 7.77. The summed E-state index contributed by atoms with van der Waals surface area (Å²) in [7, 11) is 0. The maximum absolute atomic E-state index is 13.6. The predicted molar refractivity (Wildman–Crippen MR) is 91.1 cm³/mol. The minimum absolute atomic E-state index is 0.231. The highest BCUT2D eigenvalue weighted by Crippen LogP contribution is 2.35. The molecule has 144 valence electrons. The van der Waals surface area contributed by atoms with Crippen molar-refractivity contribution in [2.45, 2.75) is 6.18 Å². The molecule has 28 heavy (non-hydrogen) atoms. The number of benzene rings is 2. The summed E-state index contributed by atoms with van der Waals surface area (Å²) >= 11 is 0. The Morgan fingerprint density at radius 2 is 1.71 bits per heavy atom. The van der Waals surface area contributed by atoms with E-state index in [0.717, 1.165) is 24.4 Å². The predicted octanol–water partition coefficient (Wildman–Crippen LogP) is 4.77. The summed E-state index contributed by atoms with van der Waals surface area (Å²) in [5.74, 6) is -2.91. The standard InChI is InChI=1S/C18H11F5N4O/c19-10-5-6-14(12(20)9-10)25-16(28)15-7-8-24-17(27-15)26-13-4-2-1-3-11(13)18(21,22)23/h1-9H,(H,25,28)(H,24,26,27). The second-order valence-electron chi connectivity index (χ2n) is 5.51. The summed E-state index contributed by atoms with van der Waals surface area (Å²) in [5.41, 5.74) is -1.73. The zero-order chi connectivity index (χ0) is 20.3. The van der Waals surface area contributed by atoms with Gasteiger partial charge in [-0.05, 0) is 30.3 Å². The second-order valence-corrected chi connectivity index (χ2v) is 5.51. The first kappa shape index (κ1) is 19.2. The molecule has 5 nitrogen and oxygen atoms in total. The van der Waals surface area contributed by atoms with Gasteiger partial charge < -0.3 is 10.6 Å². The van der Waals surface area contributed by atoms with Crippen molar-refractivity contribution < 1.29 is 26.7 Å². The van der Waals surface area contributed by atoms with Crippen LogP contribution in [0, 0.1) is 11.6 Å². The van der Waals surface area contributed by atoms with E-state index in [1.165, 1.54) is 24.3 Å². The molecule has 0 unspecified atom stereocenters. The van der Waals surface area contributed by atoms with Gasteiger partial charge in [-0.3, -0.25) is 4.79 Å². The zero-order valence-electron chi connectivity index (χ0n) is 13.9. The molecule has 0 saturated heterocycles. The Hall–Kier alpha value is -3.56. The lowest BCUT2D eigenvalue weighted by Gasteiger charge is -2.13. The maximum Gasteiger partial charge on any atom is 0.418 e. The van der Waals surface area contributed by atoms with Gasteiger partial charge in [-0.1, -0.05) is 12.1 Å². The molecule has 2 N–H and O–H groups in total. The number of para-hydroxylation sites is 1. The van der Waals surface area contributed by atoms with Crippen LogP contribution >= 0.6 is 0 Å². The van der Waals surface area contributed by atoms with Crippen molar-refractivity contribution in [3.05, 3.63) is 77.6 Å². The number of amides is 1. The van der Waals surface area contributed by atoms with Gasteiger partial charge in [0.15, 0.2) is 0 Å². The van der Waals surface area contributed by atoms with Crippen LogP contribution in [0.25, 0.3) is 0 Å². The number of halogens is 5. The smallest absolute Gasteiger partial charge is 0.324 e. The summed E-state index contributed by atoms with van der Waals surface area (Å²) in [6, 6.07) is 8.47. The molecule has 1 aromatic heterocycles. The van der Waals surface area contributed by atoms with E-state index in [9.17, 15) is 26.7 Å². The number of aromatic nitrogens is 2. The highest BCUT2D eigenvalue weighted by atomic mass is 19.4. The van der Waals surface area contributed by atoms with Gasteiger partial charge in [0.05, 0.1) is 16.9 Å². The number of nitrogens with zero attached hydrogens (tertiary/aromatic N) is 2. The quantitative estimate of drug-likeness (QED) is 0.626. The number of rotatable bonds is 4. The molecule has 2 aromatic carbocycles. The van der Waals surface area contributed by atoms with E-state index in [0.29, 0.717) is 6.07 Å². The lowest BCUT2D eigenvalue weighted by molar-refractivity contribution is -0.136. The van der Waals surface area contributed by atoms with Gasteiger partial charge in [-0.15, -0.1) is 0 Å². The Balaban J connectivity index is 1.82. The summed E-state index contributed by atoms with van der Waals surface area (Å²) in [5, 5.41) is 4.61. The molecule has 0 fully saturated rings. The number of carbonyl (C=O) groups is 1. The average molecular weight is 394 g/mol. The molecule has 0 aliphatic heterocycles. The van der Waals surface area contributed by atoms with Crippen LogP contribution in [0.1, 0.15) is 16.1 Å². The van der Waals surface area contributed by atoms with E-state index < -0.39 is 29.3 Å². The van der Waals surface area contributed by atoms with Crippen molar-refractivity contribution in [3.63, 3.8) is 0 Å². The fraction of sp³-hybridized carbons (Fsp3) is 0.0556. The topological polar surface area (TPSA) is 66.9 Å². The molecule has 1 heterocycles. The molecule has 3 aromatic rings. The Labute approximate surface area is 155 Å². The van der Waals surface area contributed by atoms with Crippen LogP contribution in [-0.2, 0) is 6.18 Å². The minimum atomic E-state index is -4.60. The SMILES string of the molecule is O=C(Nc1ccc(F)cc1F)c1ccnc(Nc2ccccc2C(F)(F)F)n1. The molecule has 0 saturated carbocycles. The van der Waals surface area contributed by atoms with Crippen molar-refractivity contribution in [2.24, 2.45) is 0 Å². The van der Waals surface area contributed by atoms with Crippen molar-refractivity contribution in [3.8, 4) is 0 Å². The molecule has 3 rings (SSSR count). The van der Waals surface area contributed by atoms with Gasteiger partial charge in [0.1, 0.15) is 17.3 Å². The maximum atomic E-state index is 13.6. The number of hydrogen-bond acceptors (Lipinski definition) is 4. The normalized spacial score (nSPS) is 11.2. The number of anilines is 3. The van der Waals surface area contributed by atoms with Crippen molar-refractivity contribution in [2.75, 3.05) is 10.6 Å². The van der Waals surface area contributed by atoms with Crippen LogP contribution in [0.15, 0.2) is 54.7 Å². The molecule has 10 heteroatoms. The molecule has 0 atom stereocenters. The first-order chi connectivity index (χ1) is 13.2. The average Bonchev–Trinajstić information content (AvgIpc) is 2.64. The van der Waals surface area contributed by atoms with E-state index in [1.807, 2.05) is 0 Å². The summed E-state index contributed by atoms with van der Waals surface area (Å²) in [6.07, 6.45) is -3.44. The summed E-state index contributed by atoms with van der Waals surface area (Å²) < 4.78 is 65.7. The number of alkyl halides is 3. The van der Waals surface area contributed by atoms with Gasteiger partial charge in [0.25, 0.3) is 5.91 Å². The fourth-order valence-corrected chi connectivity index (χ4v) is 2.28. The Morgan fingerprint density at radius 1 is 0.964 bits per heavy atom. The highest BCUT2D eigenvalue weighted by Gasteiger charge is 2.33. The lowest BCUT2D eigenvalue weighted by Crippen LogP contribution is -2.16. The van der Waals surface area contributed by atoms with E-state index in [-0.39, 0.29) is 23.0 Å². The van der Waals surface area contributed by atoms with Crippen molar-refractivity contribution in [1.82, 2.24) is 9.97 Å². The monoisotopic (exact) mass is 394 g/mol. The molecule has 0 bridgehead atoms. The van der Waals surface area contributed by atoms with Crippen LogP contribution in [0.2, 0.25) is 0 Å². The Bertz CT molecular complexity index is 1020. The van der Waals surface area contributed by atoms with E-state index >= 15 is 0 Å². The van der Waals surface area contributed by atoms with Gasteiger partial charge in [0.2, 0.25) is 5.95 Å². The van der Waals surface area contributed by atoms with Crippen LogP contribution in [0.5, 0.6) is 0 Å². The van der Waals surface area contributed by atoms with E-state index in [4.69, 9.17) is 0 Å². The molecular weight excluding hydrogens is 383 g/mol. The third-order valence-corrected chi connectivity index (χ3v) is 3.55. The minimum Gasteiger partial charge on any atom is -0.324 e. The van der Waals surface area contributed by atoms with Crippen molar-refractivity contribution >= 4 is 23.2 Å². The fourth-order valence-electron chi connectivity index (χ4n) is 2.28. The second kappa shape index (κ2) is 7.59. The number of hydrogen-bond donors (Lipinski definition) is 2.